The Morgan fingerprint density at radius 2 is 1.74 bits per heavy atom. The molecule has 0 bridgehead atoms. The molecule has 218 valence electrons. The van der Waals surface area contributed by atoms with Crippen molar-refractivity contribution in [3.05, 3.63) is 0 Å². The lowest BCUT2D eigenvalue weighted by Crippen LogP contribution is -2.63. The molecule has 0 aromatic rings. The molecular formula is C26H42O12. The number of rotatable bonds is 7. The Bertz CT molecular complexity index is 801. The number of hydrogen-bond acceptors (Lipinski definition) is 11. The van der Waals surface area contributed by atoms with Gasteiger partial charge in [-0.05, 0) is 44.4 Å². The smallest absolute Gasteiger partial charge is 0.332 e. The number of hydrogen-bond donors (Lipinski definition) is 5. The van der Waals surface area contributed by atoms with Crippen molar-refractivity contribution in [3.8, 4) is 0 Å². The van der Waals surface area contributed by atoms with Gasteiger partial charge in [-0.3, -0.25) is 0 Å². The quantitative estimate of drug-likeness (QED) is 0.288. The maximum atomic E-state index is 11.9. The molecule has 38 heavy (non-hydrogen) atoms. The van der Waals surface area contributed by atoms with Crippen LogP contribution in [0.25, 0.3) is 0 Å². The molecule has 15 unspecified atom stereocenters. The van der Waals surface area contributed by atoms with E-state index < -0.39 is 86.2 Å². The van der Waals surface area contributed by atoms with Crippen molar-refractivity contribution in [1.82, 2.24) is 0 Å². The van der Waals surface area contributed by atoms with E-state index in [1.165, 1.54) is 0 Å². The first-order valence-corrected chi connectivity index (χ1v) is 14.0. The van der Waals surface area contributed by atoms with Crippen molar-refractivity contribution >= 4 is 5.97 Å². The minimum absolute atomic E-state index is 0.0489. The highest BCUT2D eigenvalue weighted by Gasteiger charge is 2.56. The summed E-state index contributed by atoms with van der Waals surface area (Å²) in [6.07, 6.45) is -6.27. The van der Waals surface area contributed by atoms with Gasteiger partial charge in [-0.2, -0.15) is 0 Å². The van der Waals surface area contributed by atoms with E-state index in [-0.39, 0.29) is 24.4 Å². The summed E-state index contributed by atoms with van der Waals surface area (Å²) in [5, 5.41) is 50.8. The van der Waals surface area contributed by atoms with Gasteiger partial charge in [-0.15, -0.1) is 0 Å². The molecule has 2 aliphatic carbocycles. The Balaban J connectivity index is 1.35. The minimum atomic E-state index is -1.30. The van der Waals surface area contributed by atoms with E-state index in [1.807, 2.05) is 0 Å². The number of fused-ring (bicyclic) bond motifs is 2. The van der Waals surface area contributed by atoms with Gasteiger partial charge >= 0.3 is 5.97 Å². The zero-order valence-electron chi connectivity index (χ0n) is 21.9. The van der Waals surface area contributed by atoms with Crippen LogP contribution in [0.4, 0.5) is 0 Å². The maximum absolute atomic E-state index is 11.9. The Labute approximate surface area is 222 Å². The van der Waals surface area contributed by atoms with Crippen molar-refractivity contribution in [1.29, 1.82) is 0 Å². The van der Waals surface area contributed by atoms with Crippen LogP contribution < -0.4 is 0 Å². The fraction of sp³-hybridized carbons (Fsp3) is 0.962. The SMILES string of the molecule is CCC1CCCC(OC2OC(CO)C(O)C3OC(C(=O)O)CC4CC4OC23)C1OC1CC(O)C(O)C(C)O1. The van der Waals surface area contributed by atoms with Crippen LogP contribution in [0.3, 0.4) is 0 Å². The number of carbonyl (C=O) groups is 1. The fourth-order valence-electron chi connectivity index (χ4n) is 6.42. The predicted molar refractivity (Wildman–Crippen MR) is 128 cm³/mol. The molecule has 0 aromatic heterocycles. The van der Waals surface area contributed by atoms with E-state index in [1.54, 1.807) is 6.92 Å². The summed E-state index contributed by atoms with van der Waals surface area (Å²) in [5.74, 6) is -0.907. The van der Waals surface area contributed by atoms with Gasteiger partial charge in [-0.25, -0.2) is 4.79 Å². The second-order valence-corrected chi connectivity index (χ2v) is 11.5. The van der Waals surface area contributed by atoms with Crippen LogP contribution in [0.15, 0.2) is 0 Å². The summed E-state index contributed by atoms with van der Waals surface area (Å²) in [7, 11) is 0. The van der Waals surface area contributed by atoms with Crippen LogP contribution in [-0.4, -0.2) is 118 Å². The van der Waals surface area contributed by atoms with E-state index >= 15 is 0 Å². The summed E-state index contributed by atoms with van der Waals surface area (Å²) in [6.45, 7) is 3.25. The number of aliphatic carboxylic acids is 1. The predicted octanol–water partition coefficient (Wildman–Crippen LogP) is -0.0825. The molecule has 0 radical (unpaired) electrons. The highest BCUT2D eigenvalue weighted by molar-refractivity contribution is 5.72. The highest BCUT2D eigenvalue weighted by Crippen LogP contribution is 2.45. The molecule has 3 heterocycles. The van der Waals surface area contributed by atoms with Gasteiger partial charge in [0.1, 0.15) is 30.5 Å². The highest BCUT2D eigenvalue weighted by atomic mass is 16.7. The first-order valence-electron chi connectivity index (χ1n) is 14.0. The van der Waals surface area contributed by atoms with E-state index in [2.05, 4.69) is 6.92 Å². The van der Waals surface area contributed by atoms with Gasteiger partial charge in [0.2, 0.25) is 0 Å². The third-order valence-corrected chi connectivity index (χ3v) is 8.81. The summed E-state index contributed by atoms with van der Waals surface area (Å²) >= 11 is 0. The molecule has 3 aliphatic heterocycles. The van der Waals surface area contributed by atoms with Crippen molar-refractivity contribution < 1.29 is 58.7 Å². The molecule has 0 spiro atoms. The number of aliphatic hydroxyl groups excluding tert-OH is 4. The van der Waals surface area contributed by atoms with Crippen molar-refractivity contribution in [2.24, 2.45) is 11.8 Å². The van der Waals surface area contributed by atoms with Gasteiger partial charge in [0, 0.05) is 6.42 Å². The third-order valence-electron chi connectivity index (χ3n) is 8.81. The summed E-state index contributed by atoms with van der Waals surface area (Å²) in [6, 6.07) is 0. The summed E-state index contributed by atoms with van der Waals surface area (Å²) in [5.41, 5.74) is 0. The fourth-order valence-corrected chi connectivity index (χ4v) is 6.42. The molecule has 5 rings (SSSR count). The third kappa shape index (κ3) is 5.90. The van der Waals surface area contributed by atoms with Crippen LogP contribution in [0, 0.1) is 11.8 Å². The molecular weight excluding hydrogens is 504 g/mol. The normalized spacial score (nSPS) is 51.3. The monoisotopic (exact) mass is 546 g/mol. The van der Waals surface area contributed by atoms with Gasteiger partial charge in [0.25, 0.3) is 0 Å². The van der Waals surface area contributed by atoms with Gasteiger partial charge in [-0.1, -0.05) is 19.8 Å². The Kier molecular flexibility index (Phi) is 8.95. The molecule has 3 saturated heterocycles. The molecule has 5 aliphatic rings. The molecule has 15 atom stereocenters. The lowest BCUT2D eigenvalue weighted by Gasteiger charge is -2.48. The van der Waals surface area contributed by atoms with Crippen molar-refractivity contribution in [2.45, 2.75) is 139 Å². The molecule has 12 heteroatoms. The molecule has 5 N–H and O–H groups in total. The van der Waals surface area contributed by atoms with Crippen LogP contribution in [0.2, 0.25) is 0 Å². The average Bonchev–Trinajstić information content (AvgIpc) is 3.60. The van der Waals surface area contributed by atoms with E-state index in [9.17, 15) is 30.3 Å². The lowest BCUT2D eigenvalue weighted by atomic mass is 9.82. The topological polar surface area (TPSA) is 174 Å². The van der Waals surface area contributed by atoms with Crippen LogP contribution in [-0.2, 0) is 33.2 Å². The lowest BCUT2D eigenvalue weighted by molar-refractivity contribution is -0.349. The molecule has 5 fully saturated rings. The molecule has 0 aromatic carbocycles. The summed E-state index contributed by atoms with van der Waals surface area (Å²) < 4.78 is 36.9. The maximum Gasteiger partial charge on any atom is 0.332 e. The largest absolute Gasteiger partial charge is 0.479 e. The standard InChI is InChI=1S/C26H42O12/c1-3-12-5-4-6-15(22(12)38-19-9-14(28)20(29)11(2)33-19)36-26-24-23(21(30)18(10-27)37-26)35-17(25(31)32)8-13-7-16(13)34-24/h11-24,26-30H,3-10H2,1-2H3,(H,31,32). The number of carboxylic acid groups (broad SMARTS) is 1. The zero-order chi connectivity index (χ0) is 27.1. The first-order chi connectivity index (χ1) is 18.2. The number of aliphatic hydroxyl groups is 4. The van der Waals surface area contributed by atoms with E-state index in [0.29, 0.717) is 19.3 Å². The van der Waals surface area contributed by atoms with Crippen LogP contribution in [0.5, 0.6) is 0 Å². The van der Waals surface area contributed by atoms with Gasteiger partial charge in [0.05, 0.1) is 37.1 Å². The molecule has 0 amide bonds. The number of ether oxygens (including phenoxy) is 6. The first kappa shape index (κ1) is 28.6. The Hall–Kier alpha value is -0.930. The second-order valence-electron chi connectivity index (χ2n) is 11.5. The Morgan fingerprint density at radius 3 is 2.42 bits per heavy atom. The summed E-state index contributed by atoms with van der Waals surface area (Å²) in [4.78, 5) is 11.9. The van der Waals surface area contributed by atoms with E-state index in [0.717, 1.165) is 19.3 Å². The van der Waals surface area contributed by atoms with Gasteiger partial charge < -0.3 is 54.0 Å². The molecule has 12 nitrogen and oxygen atoms in total. The number of carboxylic acids is 1. The Morgan fingerprint density at radius 1 is 0.947 bits per heavy atom. The van der Waals surface area contributed by atoms with Crippen LogP contribution >= 0.6 is 0 Å². The average molecular weight is 547 g/mol. The van der Waals surface area contributed by atoms with Gasteiger partial charge in [0.15, 0.2) is 18.7 Å². The van der Waals surface area contributed by atoms with Crippen molar-refractivity contribution in [3.63, 3.8) is 0 Å². The minimum Gasteiger partial charge on any atom is -0.479 e. The zero-order valence-corrected chi connectivity index (χ0v) is 21.9. The van der Waals surface area contributed by atoms with E-state index in [4.69, 9.17) is 28.4 Å². The second kappa shape index (κ2) is 11.9. The van der Waals surface area contributed by atoms with Crippen LogP contribution in [0.1, 0.15) is 58.8 Å². The van der Waals surface area contributed by atoms with Crippen molar-refractivity contribution in [2.75, 3.05) is 6.61 Å². The molecule has 2 saturated carbocycles.